The predicted molar refractivity (Wildman–Crippen MR) is 64.8 cm³/mol. The van der Waals surface area contributed by atoms with Gasteiger partial charge >= 0.3 is 5.97 Å². The van der Waals surface area contributed by atoms with Gasteiger partial charge in [-0.1, -0.05) is 12.1 Å². The number of nitrogens with one attached hydrogen (secondary N) is 1. The van der Waals surface area contributed by atoms with Crippen LogP contribution in [0.25, 0.3) is 0 Å². The number of carbonyl (C=O) groups is 1. The number of nitrogens with two attached hydrogens (primary N) is 1. The van der Waals surface area contributed by atoms with E-state index in [0.717, 1.165) is 0 Å². The fourth-order valence-corrected chi connectivity index (χ4v) is 1.12. The van der Waals surface area contributed by atoms with E-state index < -0.39 is 5.97 Å². The SMILES string of the molecule is CCOC(=O)/C(C#N)=C/Nc1ccccc1N. The first-order chi connectivity index (χ1) is 8.19. The maximum absolute atomic E-state index is 11.3. The van der Waals surface area contributed by atoms with Gasteiger partial charge in [-0.05, 0) is 19.1 Å². The lowest BCUT2D eigenvalue weighted by atomic mass is 10.2. The molecule has 0 unspecified atom stereocenters. The van der Waals surface area contributed by atoms with Crippen molar-refractivity contribution in [2.24, 2.45) is 0 Å². The van der Waals surface area contributed by atoms with Gasteiger partial charge in [0.1, 0.15) is 6.07 Å². The Kier molecular flexibility index (Phi) is 4.58. The fourth-order valence-electron chi connectivity index (χ4n) is 1.12. The van der Waals surface area contributed by atoms with Crippen molar-refractivity contribution >= 4 is 17.3 Å². The maximum Gasteiger partial charge on any atom is 0.350 e. The number of para-hydroxylation sites is 2. The Morgan fingerprint density at radius 2 is 2.29 bits per heavy atom. The van der Waals surface area contributed by atoms with E-state index >= 15 is 0 Å². The summed E-state index contributed by atoms with van der Waals surface area (Å²) in [5.74, 6) is -0.656. The molecular weight excluding hydrogens is 218 g/mol. The third kappa shape index (κ3) is 3.54. The average molecular weight is 231 g/mol. The summed E-state index contributed by atoms with van der Waals surface area (Å²) < 4.78 is 4.71. The molecule has 5 nitrogen and oxygen atoms in total. The van der Waals surface area contributed by atoms with Gasteiger partial charge in [-0.15, -0.1) is 0 Å². The molecule has 0 atom stereocenters. The number of nitrogen functional groups attached to an aromatic ring is 1. The molecule has 0 aromatic heterocycles. The molecule has 88 valence electrons. The first-order valence-electron chi connectivity index (χ1n) is 5.07. The standard InChI is InChI=1S/C12H13N3O2/c1-2-17-12(16)9(7-13)8-15-11-6-4-3-5-10(11)14/h3-6,8,15H,2,14H2,1H3/b9-8+. The molecule has 0 radical (unpaired) electrons. The largest absolute Gasteiger partial charge is 0.462 e. The van der Waals surface area contributed by atoms with Gasteiger partial charge in [-0.2, -0.15) is 5.26 Å². The highest BCUT2D eigenvalue weighted by Crippen LogP contribution is 2.16. The molecule has 0 aliphatic rings. The van der Waals surface area contributed by atoms with Crippen LogP contribution in [0, 0.1) is 11.3 Å². The molecule has 0 aliphatic heterocycles. The second-order valence-electron chi connectivity index (χ2n) is 3.12. The van der Waals surface area contributed by atoms with Crippen LogP contribution in [-0.2, 0) is 9.53 Å². The van der Waals surface area contributed by atoms with Gasteiger partial charge in [0.05, 0.1) is 18.0 Å². The van der Waals surface area contributed by atoms with E-state index in [1.165, 1.54) is 6.20 Å². The normalized spacial score (nSPS) is 10.5. The first kappa shape index (κ1) is 12.6. The van der Waals surface area contributed by atoms with Crippen molar-refractivity contribution in [3.8, 4) is 6.07 Å². The number of rotatable bonds is 4. The Morgan fingerprint density at radius 3 is 2.88 bits per heavy atom. The molecule has 0 bridgehead atoms. The molecule has 17 heavy (non-hydrogen) atoms. The average Bonchev–Trinajstić information content (AvgIpc) is 2.32. The van der Waals surface area contributed by atoms with E-state index in [4.69, 9.17) is 15.7 Å². The lowest BCUT2D eigenvalue weighted by Gasteiger charge is -2.05. The monoisotopic (exact) mass is 231 g/mol. The van der Waals surface area contributed by atoms with Gasteiger partial charge in [0.15, 0.2) is 5.57 Å². The van der Waals surface area contributed by atoms with Gasteiger partial charge in [0.2, 0.25) is 0 Å². The van der Waals surface area contributed by atoms with E-state index in [1.54, 1.807) is 37.3 Å². The van der Waals surface area contributed by atoms with Crippen molar-refractivity contribution in [2.75, 3.05) is 17.7 Å². The van der Waals surface area contributed by atoms with Gasteiger partial charge in [-0.25, -0.2) is 4.79 Å². The van der Waals surface area contributed by atoms with E-state index in [1.807, 2.05) is 0 Å². The van der Waals surface area contributed by atoms with Crippen molar-refractivity contribution in [3.05, 3.63) is 36.0 Å². The van der Waals surface area contributed by atoms with E-state index in [9.17, 15) is 4.79 Å². The van der Waals surface area contributed by atoms with Crippen molar-refractivity contribution in [1.29, 1.82) is 5.26 Å². The van der Waals surface area contributed by atoms with Crippen molar-refractivity contribution < 1.29 is 9.53 Å². The zero-order valence-electron chi connectivity index (χ0n) is 9.43. The minimum atomic E-state index is -0.656. The van der Waals surface area contributed by atoms with Crippen LogP contribution in [0.5, 0.6) is 0 Å². The molecule has 0 saturated carbocycles. The summed E-state index contributed by atoms with van der Waals surface area (Å²) in [6, 6.07) is 8.80. The van der Waals surface area contributed by atoms with Gasteiger partial charge in [0, 0.05) is 6.20 Å². The van der Waals surface area contributed by atoms with E-state index in [0.29, 0.717) is 11.4 Å². The summed E-state index contributed by atoms with van der Waals surface area (Å²) >= 11 is 0. The number of nitriles is 1. The molecular formula is C12H13N3O2. The number of nitrogens with zero attached hydrogens (tertiary/aromatic N) is 1. The Morgan fingerprint density at radius 1 is 1.59 bits per heavy atom. The third-order valence-electron chi connectivity index (χ3n) is 1.95. The summed E-state index contributed by atoms with van der Waals surface area (Å²) in [4.78, 5) is 11.3. The number of benzene rings is 1. The minimum absolute atomic E-state index is 0.102. The summed E-state index contributed by atoms with van der Waals surface area (Å²) in [5.41, 5.74) is 6.75. The molecule has 3 N–H and O–H groups in total. The van der Waals surface area contributed by atoms with Crippen molar-refractivity contribution in [1.82, 2.24) is 0 Å². The Labute approximate surface area is 99.5 Å². The third-order valence-corrected chi connectivity index (χ3v) is 1.95. The zero-order chi connectivity index (χ0) is 12.7. The van der Waals surface area contributed by atoms with Gasteiger partial charge < -0.3 is 15.8 Å². The number of ether oxygens (including phenoxy) is 1. The predicted octanol–water partition coefficient (Wildman–Crippen LogP) is 1.65. The van der Waals surface area contributed by atoms with Crippen LogP contribution in [-0.4, -0.2) is 12.6 Å². The molecule has 1 aromatic carbocycles. The van der Waals surface area contributed by atoms with Gasteiger partial charge in [-0.3, -0.25) is 0 Å². The lowest BCUT2D eigenvalue weighted by molar-refractivity contribution is -0.138. The zero-order valence-corrected chi connectivity index (χ0v) is 9.43. The number of esters is 1. The quantitative estimate of drug-likeness (QED) is 0.356. The van der Waals surface area contributed by atoms with Crippen LogP contribution in [0.15, 0.2) is 36.0 Å². The summed E-state index contributed by atoms with van der Waals surface area (Å²) in [6.07, 6.45) is 1.28. The minimum Gasteiger partial charge on any atom is -0.462 e. The second-order valence-corrected chi connectivity index (χ2v) is 3.12. The summed E-state index contributed by atoms with van der Waals surface area (Å²) in [6.45, 7) is 1.90. The number of carbonyl (C=O) groups excluding carboxylic acids is 1. The highest BCUT2D eigenvalue weighted by molar-refractivity contribution is 5.93. The maximum atomic E-state index is 11.3. The lowest BCUT2D eigenvalue weighted by Crippen LogP contribution is -2.08. The molecule has 0 amide bonds. The van der Waals surface area contributed by atoms with Crippen molar-refractivity contribution in [3.63, 3.8) is 0 Å². The molecule has 0 aliphatic carbocycles. The van der Waals surface area contributed by atoms with Crippen LogP contribution >= 0.6 is 0 Å². The number of hydrogen-bond donors (Lipinski definition) is 2. The highest BCUT2D eigenvalue weighted by Gasteiger charge is 2.09. The second kappa shape index (κ2) is 6.18. The van der Waals surface area contributed by atoms with Crippen LogP contribution in [0.4, 0.5) is 11.4 Å². The Bertz CT molecular complexity index is 475. The van der Waals surface area contributed by atoms with Crippen LogP contribution in [0.1, 0.15) is 6.92 Å². The fraction of sp³-hybridized carbons (Fsp3) is 0.167. The number of anilines is 2. The molecule has 0 heterocycles. The van der Waals surface area contributed by atoms with E-state index in [-0.39, 0.29) is 12.2 Å². The van der Waals surface area contributed by atoms with Crippen molar-refractivity contribution in [2.45, 2.75) is 6.92 Å². The topological polar surface area (TPSA) is 88.1 Å². The molecule has 1 rings (SSSR count). The molecule has 5 heteroatoms. The Hall–Kier alpha value is -2.48. The van der Waals surface area contributed by atoms with Crippen LogP contribution in [0.2, 0.25) is 0 Å². The van der Waals surface area contributed by atoms with Crippen LogP contribution in [0.3, 0.4) is 0 Å². The van der Waals surface area contributed by atoms with Gasteiger partial charge in [0.25, 0.3) is 0 Å². The number of hydrogen-bond acceptors (Lipinski definition) is 5. The molecule has 1 aromatic rings. The Balaban J connectivity index is 2.79. The van der Waals surface area contributed by atoms with Crippen LogP contribution < -0.4 is 11.1 Å². The first-order valence-corrected chi connectivity index (χ1v) is 5.07. The summed E-state index contributed by atoms with van der Waals surface area (Å²) in [5, 5.41) is 11.6. The van der Waals surface area contributed by atoms with E-state index in [2.05, 4.69) is 5.32 Å². The molecule has 0 saturated heterocycles. The highest BCUT2D eigenvalue weighted by atomic mass is 16.5. The summed E-state index contributed by atoms with van der Waals surface area (Å²) in [7, 11) is 0. The molecule has 0 spiro atoms. The molecule has 0 fully saturated rings. The smallest absolute Gasteiger partial charge is 0.350 e.